The Balaban J connectivity index is 2.03. The quantitative estimate of drug-likeness (QED) is 0.940. The molecule has 0 spiro atoms. The zero-order valence-corrected chi connectivity index (χ0v) is 14.1. The van der Waals surface area contributed by atoms with Gasteiger partial charge in [0.05, 0.1) is 11.4 Å². The van der Waals surface area contributed by atoms with Crippen LogP contribution >= 0.6 is 11.3 Å². The SMILES string of the molecule is Cc1ccsc1C(=O)N(C)CC(=O)Nc1c(C)cccc1C. The number of carbonyl (C=O) groups is 2. The number of hydrogen-bond donors (Lipinski definition) is 1. The van der Waals surface area contributed by atoms with Crippen LogP contribution in [0.2, 0.25) is 0 Å². The van der Waals surface area contributed by atoms with Crippen molar-refractivity contribution in [3.8, 4) is 0 Å². The summed E-state index contributed by atoms with van der Waals surface area (Å²) in [7, 11) is 1.64. The van der Waals surface area contributed by atoms with Crippen LogP contribution in [0, 0.1) is 20.8 Å². The van der Waals surface area contributed by atoms with Crippen molar-refractivity contribution < 1.29 is 9.59 Å². The molecule has 2 amide bonds. The molecule has 0 bridgehead atoms. The van der Waals surface area contributed by atoms with Crippen molar-refractivity contribution in [1.29, 1.82) is 0 Å². The smallest absolute Gasteiger partial charge is 0.264 e. The third kappa shape index (κ3) is 3.54. The van der Waals surface area contributed by atoms with Gasteiger partial charge in [-0.15, -0.1) is 11.3 Å². The van der Waals surface area contributed by atoms with E-state index in [0.29, 0.717) is 4.88 Å². The van der Waals surface area contributed by atoms with Crippen LogP contribution in [-0.4, -0.2) is 30.3 Å². The van der Waals surface area contributed by atoms with E-state index in [1.54, 1.807) is 7.05 Å². The molecule has 0 saturated carbocycles. The molecule has 1 heterocycles. The van der Waals surface area contributed by atoms with Gasteiger partial charge in [-0.05, 0) is 48.9 Å². The zero-order valence-electron chi connectivity index (χ0n) is 13.3. The number of anilines is 1. The molecule has 22 heavy (non-hydrogen) atoms. The maximum absolute atomic E-state index is 12.3. The highest BCUT2D eigenvalue weighted by Crippen LogP contribution is 2.20. The Kier molecular flexibility index (Phi) is 4.98. The molecule has 1 aromatic carbocycles. The predicted molar refractivity (Wildman–Crippen MR) is 90.6 cm³/mol. The Morgan fingerprint density at radius 2 is 1.73 bits per heavy atom. The lowest BCUT2D eigenvalue weighted by atomic mass is 10.1. The molecule has 116 valence electrons. The first-order valence-electron chi connectivity index (χ1n) is 7.05. The number of benzene rings is 1. The molecular weight excluding hydrogens is 296 g/mol. The van der Waals surface area contributed by atoms with E-state index in [1.165, 1.54) is 16.2 Å². The molecule has 0 unspecified atom stereocenters. The van der Waals surface area contributed by atoms with Crippen molar-refractivity contribution in [3.05, 3.63) is 51.2 Å². The van der Waals surface area contributed by atoms with E-state index >= 15 is 0 Å². The monoisotopic (exact) mass is 316 g/mol. The highest BCUT2D eigenvalue weighted by Gasteiger charge is 2.18. The minimum Gasteiger partial charge on any atom is -0.332 e. The number of amides is 2. The van der Waals surface area contributed by atoms with Gasteiger partial charge in [-0.3, -0.25) is 9.59 Å². The molecule has 2 aromatic rings. The third-order valence-corrected chi connectivity index (χ3v) is 4.53. The van der Waals surface area contributed by atoms with Crippen molar-refractivity contribution in [2.75, 3.05) is 18.9 Å². The first-order chi connectivity index (χ1) is 10.4. The Hall–Kier alpha value is -2.14. The molecule has 4 nitrogen and oxygen atoms in total. The standard InChI is InChI=1S/C17H20N2O2S/c1-11-6-5-7-12(2)15(11)18-14(20)10-19(4)17(21)16-13(3)8-9-22-16/h5-9H,10H2,1-4H3,(H,18,20). The zero-order chi connectivity index (χ0) is 16.3. The lowest BCUT2D eigenvalue weighted by Gasteiger charge is -2.18. The van der Waals surface area contributed by atoms with E-state index in [1.807, 2.05) is 50.4 Å². The lowest BCUT2D eigenvalue weighted by Crippen LogP contribution is -2.35. The van der Waals surface area contributed by atoms with Gasteiger partial charge in [-0.1, -0.05) is 18.2 Å². The van der Waals surface area contributed by atoms with Crippen molar-refractivity contribution in [3.63, 3.8) is 0 Å². The number of nitrogens with zero attached hydrogens (tertiary/aromatic N) is 1. The minimum absolute atomic E-state index is 0.0317. The molecule has 0 fully saturated rings. The summed E-state index contributed by atoms with van der Waals surface area (Å²) in [6, 6.07) is 7.76. The van der Waals surface area contributed by atoms with Gasteiger partial charge in [0.15, 0.2) is 0 Å². The summed E-state index contributed by atoms with van der Waals surface area (Å²) >= 11 is 1.40. The van der Waals surface area contributed by atoms with Gasteiger partial charge >= 0.3 is 0 Å². The Morgan fingerprint density at radius 1 is 1.09 bits per heavy atom. The van der Waals surface area contributed by atoms with Crippen molar-refractivity contribution >= 4 is 28.8 Å². The van der Waals surface area contributed by atoms with Gasteiger partial charge in [0, 0.05) is 12.7 Å². The lowest BCUT2D eigenvalue weighted by molar-refractivity contribution is -0.116. The maximum atomic E-state index is 12.3. The second-order valence-electron chi connectivity index (χ2n) is 5.41. The number of aryl methyl sites for hydroxylation is 3. The Morgan fingerprint density at radius 3 is 2.27 bits per heavy atom. The summed E-state index contributed by atoms with van der Waals surface area (Å²) in [5, 5.41) is 4.78. The summed E-state index contributed by atoms with van der Waals surface area (Å²) in [6.45, 7) is 5.83. The third-order valence-electron chi connectivity index (χ3n) is 3.53. The fraction of sp³-hybridized carbons (Fsp3) is 0.294. The fourth-order valence-corrected chi connectivity index (χ4v) is 3.16. The van der Waals surface area contributed by atoms with Gasteiger partial charge in [-0.25, -0.2) is 0 Å². The predicted octanol–water partition coefficient (Wildman–Crippen LogP) is 3.38. The Bertz CT molecular complexity index is 686. The summed E-state index contributed by atoms with van der Waals surface area (Å²) in [5.74, 6) is -0.313. The number of nitrogens with one attached hydrogen (secondary N) is 1. The van der Waals surface area contributed by atoms with Crippen molar-refractivity contribution in [2.45, 2.75) is 20.8 Å². The van der Waals surface area contributed by atoms with Crippen LogP contribution in [0.1, 0.15) is 26.4 Å². The minimum atomic E-state index is -0.192. The van der Waals surface area contributed by atoms with E-state index in [2.05, 4.69) is 5.32 Å². The van der Waals surface area contributed by atoms with Gasteiger partial charge < -0.3 is 10.2 Å². The molecule has 0 aliphatic heterocycles. The molecule has 1 N–H and O–H groups in total. The summed E-state index contributed by atoms with van der Waals surface area (Å²) in [5.41, 5.74) is 3.78. The number of hydrogen-bond acceptors (Lipinski definition) is 3. The highest BCUT2D eigenvalue weighted by atomic mass is 32.1. The number of para-hydroxylation sites is 1. The molecule has 0 saturated heterocycles. The summed E-state index contributed by atoms with van der Waals surface area (Å²) in [6.07, 6.45) is 0. The van der Waals surface area contributed by atoms with E-state index in [-0.39, 0.29) is 18.4 Å². The molecule has 5 heteroatoms. The normalized spacial score (nSPS) is 10.4. The number of likely N-dealkylation sites (N-methyl/N-ethyl adjacent to an activating group) is 1. The molecule has 0 aliphatic rings. The number of thiophene rings is 1. The molecule has 1 aromatic heterocycles. The highest BCUT2D eigenvalue weighted by molar-refractivity contribution is 7.12. The second kappa shape index (κ2) is 6.75. The van der Waals surface area contributed by atoms with Crippen LogP contribution in [0.25, 0.3) is 0 Å². The van der Waals surface area contributed by atoms with Crippen LogP contribution in [0.4, 0.5) is 5.69 Å². The second-order valence-corrected chi connectivity index (χ2v) is 6.33. The Labute approximate surface area is 134 Å². The van der Waals surface area contributed by atoms with Crippen molar-refractivity contribution in [1.82, 2.24) is 4.90 Å². The van der Waals surface area contributed by atoms with E-state index in [0.717, 1.165) is 22.4 Å². The van der Waals surface area contributed by atoms with Gasteiger partial charge in [0.2, 0.25) is 5.91 Å². The number of carbonyl (C=O) groups excluding carboxylic acids is 2. The summed E-state index contributed by atoms with van der Waals surface area (Å²) in [4.78, 5) is 26.6. The fourth-order valence-electron chi connectivity index (χ4n) is 2.24. The van der Waals surface area contributed by atoms with Gasteiger partial charge in [-0.2, -0.15) is 0 Å². The van der Waals surface area contributed by atoms with Crippen LogP contribution in [-0.2, 0) is 4.79 Å². The van der Waals surface area contributed by atoms with Gasteiger partial charge in [0.25, 0.3) is 5.91 Å². The summed E-state index contributed by atoms with van der Waals surface area (Å²) < 4.78 is 0. The van der Waals surface area contributed by atoms with E-state index in [9.17, 15) is 9.59 Å². The van der Waals surface area contributed by atoms with E-state index in [4.69, 9.17) is 0 Å². The topological polar surface area (TPSA) is 49.4 Å². The van der Waals surface area contributed by atoms with Crippen molar-refractivity contribution in [2.24, 2.45) is 0 Å². The molecule has 0 aliphatic carbocycles. The largest absolute Gasteiger partial charge is 0.332 e. The maximum Gasteiger partial charge on any atom is 0.264 e. The number of rotatable bonds is 4. The average molecular weight is 316 g/mol. The molecular formula is C17H20N2O2S. The van der Waals surface area contributed by atoms with Crippen LogP contribution in [0.5, 0.6) is 0 Å². The average Bonchev–Trinajstić information content (AvgIpc) is 2.88. The van der Waals surface area contributed by atoms with E-state index < -0.39 is 0 Å². The first-order valence-corrected chi connectivity index (χ1v) is 7.93. The first kappa shape index (κ1) is 16.2. The molecule has 2 rings (SSSR count). The van der Waals surface area contributed by atoms with Crippen LogP contribution in [0.15, 0.2) is 29.6 Å². The van der Waals surface area contributed by atoms with Gasteiger partial charge in [0.1, 0.15) is 0 Å². The van der Waals surface area contributed by atoms with Crippen LogP contribution < -0.4 is 5.32 Å². The van der Waals surface area contributed by atoms with Crippen LogP contribution in [0.3, 0.4) is 0 Å². The molecule has 0 atom stereocenters. The molecule has 0 radical (unpaired) electrons.